The molecule has 0 radical (unpaired) electrons. The van der Waals surface area contributed by atoms with Crippen molar-refractivity contribution in [3.63, 3.8) is 0 Å². The van der Waals surface area contributed by atoms with E-state index in [2.05, 4.69) is 4.99 Å². The lowest BCUT2D eigenvalue weighted by atomic mass is 10.2. The van der Waals surface area contributed by atoms with Crippen LogP contribution in [0.4, 0.5) is 15.8 Å². The maximum atomic E-state index is 14.4. The molecule has 0 aromatic heterocycles. The van der Waals surface area contributed by atoms with Gasteiger partial charge in [0.05, 0.1) is 11.4 Å². The molecule has 2 aromatic rings. The first kappa shape index (κ1) is 19.0. The number of carbonyl (C=O) groups is 1. The number of amidine groups is 1. The third kappa shape index (κ3) is 3.98. The Morgan fingerprint density at radius 1 is 1.23 bits per heavy atom. The Bertz CT molecular complexity index is 860. The lowest BCUT2D eigenvalue weighted by molar-refractivity contribution is -0.117. The molecule has 1 heterocycles. The Kier molecular flexibility index (Phi) is 5.75. The van der Waals surface area contributed by atoms with E-state index in [0.717, 1.165) is 10.9 Å². The lowest BCUT2D eigenvalue weighted by Gasteiger charge is -2.33. The van der Waals surface area contributed by atoms with Crippen LogP contribution in [0.5, 0.6) is 0 Å². The van der Waals surface area contributed by atoms with E-state index >= 15 is 0 Å². The van der Waals surface area contributed by atoms with Crippen molar-refractivity contribution in [3.8, 4) is 0 Å². The van der Waals surface area contributed by atoms with E-state index in [-0.39, 0.29) is 22.8 Å². The van der Waals surface area contributed by atoms with E-state index in [1.54, 1.807) is 18.2 Å². The Hall–Kier alpha value is -1.76. The average molecular weight is 412 g/mol. The van der Waals surface area contributed by atoms with Crippen LogP contribution in [-0.4, -0.2) is 34.9 Å². The molecule has 0 spiro atoms. The van der Waals surface area contributed by atoms with E-state index < -0.39 is 5.82 Å². The lowest BCUT2D eigenvalue weighted by Crippen LogP contribution is -2.48. The Balaban J connectivity index is 1.90. The molecule has 8 heteroatoms. The normalized spacial score (nSPS) is 18.4. The molecule has 26 heavy (non-hydrogen) atoms. The van der Waals surface area contributed by atoms with Crippen LogP contribution in [0, 0.1) is 5.82 Å². The standard InChI is InChI=1S/C18H16Cl2FN3OS/c1-11(25)24(16-8-5-13(20)9-15(16)21)17-10-26-18(23(17)2)22-14-6-3-12(19)4-7-14/h3-9,17H,10H2,1-2H3. The van der Waals surface area contributed by atoms with Crippen molar-refractivity contribution in [2.24, 2.45) is 4.99 Å². The number of aliphatic imine (C=N–C) groups is 1. The van der Waals surface area contributed by atoms with Crippen molar-refractivity contribution in [3.05, 3.63) is 58.3 Å². The summed E-state index contributed by atoms with van der Waals surface area (Å²) in [5, 5.41) is 1.67. The highest BCUT2D eigenvalue weighted by molar-refractivity contribution is 8.14. The fourth-order valence-electron chi connectivity index (χ4n) is 2.69. The van der Waals surface area contributed by atoms with Crippen molar-refractivity contribution in [2.45, 2.75) is 13.1 Å². The highest BCUT2D eigenvalue weighted by Crippen LogP contribution is 2.32. The predicted molar refractivity (Wildman–Crippen MR) is 107 cm³/mol. The Morgan fingerprint density at radius 3 is 2.50 bits per heavy atom. The number of hydrogen-bond acceptors (Lipinski definition) is 3. The summed E-state index contributed by atoms with van der Waals surface area (Å²) in [4.78, 5) is 20.2. The van der Waals surface area contributed by atoms with Crippen LogP contribution >= 0.6 is 35.0 Å². The molecule has 1 aliphatic rings. The summed E-state index contributed by atoms with van der Waals surface area (Å²) in [6, 6.07) is 11.5. The van der Waals surface area contributed by atoms with Crippen molar-refractivity contribution in [2.75, 3.05) is 17.7 Å². The molecule has 0 N–H and O–H groups in total. The van der Waals surface area contributed by atoms with Crippen LogP contribution in [0.1, 0.15) is 6.92 Å². The maximum Gasteiger partial charge on any atom is 0.225 e. The topological polar surface area (TPSA) is 35.9 Å². The number of halogens is 3. The minimum Gasteiger partial charge on any atom is -0.333 e. The van der Waals surface area contributed by atoms with Crippen LogP contribution in [-0.2, 0) is 4.79 Å². The van der Waals surface area contributed by atoms with Gasteiger partial charge >= 0.3 is 0 Å². The highest BCUT2D eigenvalue weighted by Gasteiger charge is 2.35. The van der Waals surface area contributed by atoms with Gasteiger partial charge in [-0.05, 0) is 42.5 Å². The molecule has 0 saturated carbocycles. The number of rotatable bonds is 3. The fourth-order valence-corrected chi connectivity index (χ4v) is 4.14. The number of thioether (sulfide) groups is 1. The second-order valence-electron chi connectivity index (χ2n) is 5.76. The number of amides is 1. The quantitative estimate of drug-likeness (QED) is 0.697. The van der Waals surface area contributed by atoms with Crippen LogP contribution in [0.25, 0.3) is 0 Å². The van der Waals surface area contributed by atoms with E-state index in [9.17, 15) is 9.18 Å². The van der Waals surface area contributed by atoms with Gasteiger partial charge in [-0.1, -0.05) is 35.0 Å². The van der Waals surface area contributed by atoms with Crippen LogP contribution < -0.4 is 4.90 Å². The molecule has 136 valence electrons. The summed E-state index contributed by atoms with van der Waals surface area (Å²) in [5.74, 6) is -0.212. The molecule has 0 bridgehead atoms. The zero-order chi connectivity index (χ0) is 18.8. The molecule has 1 unspecified atom stereocenters. The minimum absolute atomic E-state index is 0.201. The minimum atomic E-state index is -0.533. The second kappa shape index (κ2) is 7.86. The van der Waals surface area contributed by atoms with Gasteiger partial charge in [0.1, 0.15) is 12.0 Å². The molecule has 0 aliphatic carbocycles. The Labute approximate surface area is 165 Å². The highest BCUT2D eigenvalue weighted by atomic mass is 35.5. The summed E-state index contributed by atoms with van der Waals surface area (Å²) in [6.07, 6.45) is -0.348. The van der Waals surface area contributed by atoms with E-state index in [4.69, 9.17) is 23.2 Å². The smallest absolute Gasteiger partial charge is 0.225 e. The van der Waals surface area contributed by atoms with Gasteiger partial charge < -0.3 is 4.90 Å². The molecule has 3 rings (SSSR count). The molecule has 1 aliphatic heterocycles. The molecular weight excluding hydrogens is 396 g/mol. The largest absolute Gasteiger partial charge is 0.333 e. The third-order valence-electron chi connectivity index (χ3n) is 3.97. The molecule has 4 nitrogen and oxygen atoms in total. The number of anilines is 1. The van der Waals surface area contributed by atoms with Crippen molar-refractivity contribution in [1.29, 1.82) is 0 Å². The first-order valence-electron chi connectivity index (χ1n) is 7.81. The van der Waals surface area contributed by atoms with E-state index in [0.29, 0.717) is 10.8 Å². The Morgan fingerprint density at radius 2 is 1.88 bits per heavy atom. The molecule has 1 amide bonds. The zero-order valence-electron chi connectivity index (χ0n) is 14.1. The number of hydrogen-bond donors (Lipinski definition) is 0. The first-order valence-corrected chi connectivity index (χ1v) is 9.55. The second-order valence-corrected chi connectivity index (χ2v) is 7.62. The van der Waals surface area contributed by atoms with Gasteiger partial charge in [0, 0.05) is 29.8 Å². The summed E-state index contributed by atoms with van der Waals surface area (Å²) >= 11 is 13.2. The van der Waals surface area contributed by atoms with Crippen molar-refractivity contribution >= 4 is 57.4 Å². The van der Waals surface area contributed by atoms with Gasteiger partial charge in [-0.3, -0.25) is 9.69 Å². The van der Waals surface area contributed by atoms with Gasteiger partial charge in [0.15, 0.2) is 5.17 Å². The summed E-state index contributed by atoms with van der Waals surface area (Å²) < 4.78 is 14.4. The number of carbonyl (C=O) groups excluding carboxylic acids is 1. The van der Waals surface area contributed by atoms with Crippen molar-refractivity contribution < 1.29 is 9.18 Å². The number of nitrogens with zero attached hydrogens (tertiary/aromatic N) is 3. The maximum absolute atomic E-state index is 14.4. The molecule has 1 atom stereocenters. The predicted octanol–water partition coefficient (Wildman–Crippen LogP) is 5.18. The summed E-state index contributed by atoms with van der Waals surface area (Å²) in [5.41, 5.74) is 0.962. The summed E-state index contributed by atoms with van der Waals surface area (Å²) in [7, 11) is 1.84. The van der Waals surface area contributed by atoms with Crippen molar-refractivity contribution in [1.82, 2.24) is 4.90 Å². The number of benzene rings is 2. The van der Waals surface area contributed by atoms with Gasteiger partial charge in [0.25, 0.3) is 0 Å². The van der Waals surface area contributed by atoms with Crippen LogP contribution in [0.2, 0.25) is 10.0 Å². The van der Waals surface area contributed by atoms with Gasteiger partial charge in [-0.15, -0.1) is 0 Å². The van der Waals surface area contributed by atoms with E-state index in [1.165, 1.54) is 35.7 Å². The molecule has 1 fully saturated rings. The molecule has 2 aromatic carbocycles. The van der Waals surface area contributed by atoms with Gasteiger partial charge in [0.2, 0.25) is 5.91 Å². The van der Waals surface area contributed by atoms with E-state index in [1.807, 2.05) is 24.1 Å². The monoisotopic (exact) mass is 411 g/mol. The zero-order valence-corrected chi connectivity index (χ0v) is 16.4. The molecule has 1 saturated heterocycles. The van der Waals surface area contributed by atoms with Crippen LogP contribution in [0.15, 0.2) is 47.5 Å². The van der Waals surface area contributed by atoms with Gasteiger partial charge in [-0.25, -0.2) is 9.38 Å². The summed E-state index contributed by atoms with van der Waals surface area (Å²) in [6.45, 7) is 1.42. The fraction of sp³-hybridized carbons (Fsp3) is 0.222. The molecular formula is C18H16Cl2FN3OS. The first-order chi connectivity index (χ1) is 12.4. The SMILES string of the molecule is CC(=O)N(c1ccc(Cl)cc1F)C1CSC(=Nc2ccc(Cl)cc2)N1C. The van der Waals surface area contributed by atoms with Gasteiger partial charge in [-0.2, -0.15) is 0 Å². The average Bonchev–Trinajstić information content (AvgIpc) is 2.93. The van der Waals surface area contributed by atoms with Crippen LogP contribution in [0.3, 0.4) is 0 Å². The third-order valence-corrected chi connectivity index (χ3v) is 5.56.